The molecule has 0 radical (unpaired) electrons. The summed E-state index contributed by atoms with van der Waals surface area (Å²) in [6, 6.07) is 7.83. The molecule has 1 aromatic carbocycles. The molecule has 2 rings (SSSR count). The van der Waals surface area contributed by atoms with Crippen LogP contribution in [-0.2, 0) is 0 Å². The molecule has 21 heavy (non-hydrogen) atoms. The van der Waals surface area contributed by atoms with E-state index in [1.807, 2.05) is 19.2 Å². The Morgan fingerprint density at radius 1 is 1.38 bits per heavy atom. The van der Waals surface area contributed by atoms with Crippen LogP contribution in [0.4, 0.5) is 4.39 Å². The average molecular weight is 293 g/mol. The maximum Gasteiger partial charge on any atom is 0.127 e. The fraction of sp³-hybridized carbons (Fsp3) is 0.647. The molecule has 2 atom stereocenters. The predicted molar refractivity (Wildman–Crippen MR) is 86.0 cm³/mol. The summed E-state index contributed by atoms with van der Waals surface area (Å²) in [6.07, 6.45) is 3.48. The molecular weight excluding hydrogens is 265 g/mol. The van der Waals surface area contributed by atoms with Crippen molar-refractivity contribution in [1.82, 2.24) is 15.1 Å². The van der Waals surface area contributed by atoms with E-state index in [9.17, 15) is 4.39 Å². The summed E-state index contributed by atoms with van der Waals surface area (Å²) >= 11 is 0. The highest BCUT2D eigenvalue weighted by Gasteiger charge is 2.22. The summed E-state index contributed by atoms with van der Waals surface area (Å²) in [6.45, 7) is 3.31. The topological polar surface area (TPSA) is 18.5 Å². The minimum atomic E-state index is -0.110. The molecule has 3 nitrogen and oxygen atoms in total. The molecule has 1 heterocycles. The number of nitrogens with one attached hydrogen (secondary N) is 1. The van der Waals surface area contributed by atoms with Gasteiger partial charge in [-0.1, -0.05) is 18.2 Å². The van der Waals surface area contributed by atoms with Crippen molar-refractivity contribution < 1.29 is 4.39 Å². The third-order valence-electron chi connectivity index (χ3n) is 4.57. The van der Waals surface area contributed by atoms with Gasteiger partial charge in [-0.3, -0.25) is 0 Å². The molecular formula is C17H28FN3. The van der Waals surface area contributed by atoms with Crippen LogP contribution in [0.5, 0.6) is 0 Å². The van der Waals surface area contributed by atoms with E-state index in [-0.39, 0.29) is 11.9 Å². The lowest BCUT2D eigenvalue weighted by molar-refractivity contribution is 0.129. The molecule has 1 aliphatic heterocycles. The third-order valence-corrected chi connectivity index (χ3v) is 4.57. The molecule has 0 aliphatic carbocycles. The van der Waals surface area contributed by atoms with Crippen molar-refractivity contribution in [2.75, 3.05) is 40.8 Å². The van der Waals surface area contributed by atoms with Gasteiger partial charge in [0.1, 0.15) is 5.82 Å². The average Bonchev–Trinajstić information content (AvgIpc) is 2.50. The van der Waals surface area contributed by atoms with Crippen LogP contribution in [0.25, 0.3) is 0 Å². The van der Waals surface area contributed by atoms with Crippen LogP contribution in [0.15, 0.2) is 24.3 Å². The van der Waals surface area contributed by atoms with Crippen molar-refractivity contribution in [2.24, 2.45) is 0 Å². The van der Waals surface area contributed by atoms with E-state index in [1.165, 1.54) is 12.8 Å². The molecule has 0 spiro atoms. The molecule has 4 heteroatoms. The van der Waals surface area contributed by atoms with E-state index >= 15 is 0 Å². The van der Waals surface area contributed by atoms with E-state index in [0.717, 1.165) is 31.6 Å². The number of nitrogens with zero attached hydrogens (tertiary/aromatic N) is 2. The Hall–Kier alpha value is -0.970. The molecule has 1 fully saturated rings. The number of hydrogen-bond acceptors (Lipinski definition) is 3. The lowest BCUT2D eigenvalue weighted by atomic mass is 10.0. The van der Waals surface area contributed by atoms with Gasteiger partial charge in [-0.15, -0.1) is 0 Å². The van der Waals surface area contributed by atoms with Crippen LogP contribution in [0, 0.1) is 5.82 Å². The second kappa shape index (κ2) is 7.87. The predicted octanol–water partition coefficient (Wildman–Crippen LogP) is 2.50. The van der Waals surface area contributed by atoms with Crippen molar-refractivity contribution in [2.45, 2.75) is 31.3 Å². The van der Waals surface area contributed by atoms with E-state index in [2.05, 4.69) is 29.2 Å². The van der Waals surface area contributed by atoms with E-state index in [1.54, 1.807) is 12.1 Å². The molecule has 0 aromatic heterocycles. The maximum absolute atomic E-state index is 13.9. The van der Waals surface area contributed by atoms with Crippen molar-refractivity contribution in [3.63, 3.8) is 0 Å². The Bertz CT molecular complexity index is 436. The highest BCUT2D eigenvalue weighted by molar-refractivity contribution is 5.21. The second-order valence-corrected chi connectivity index (χ2v) is 6.21. The van der Waals surface area contributed by atoms with E-state index in [0.29, 0.717) is 6.04 Å². The Morgan fingerprint density at radius 2 is 2.14 bits per heavy atom. The lowest BCUT2D eigenvalue weighted by Gasteiger charge is -2.36. The Kier molecular flexibility index (Phi) is 6.15. The minimum Gasteiger partial charge on any atom is -0.313 e. The van der Waals surface area contributed by atoms with Gasteiger partial charge in [0.05, 0.1) is 0 Å². The first-order valence-electron chi connectivity index (χ1n) is 7.92. The van der Waals surface area contributed by atoms with Crippen LogP contribution >= 0.6 is 0 Å². The Balaban J connectivity index is 1.90. The summed E-state index contributed by atoms with van der Waals surface area (Å²) in [7, 11) is 6.23. The first-order valence-corrected chi connectivity index (χ1v) is 7.92. The molecule has 1 aromatic rings. The first kappa shape index (κ1) is 16.4. The van der Waals surface area contributed by atoms with Crippen molar-refractivity contribution in [3.05, 3.63) is 35.6 Å². The lowest BCUT2D eigenvalue weighted by Crippen LogP contribution is -2.45. The fourth-order valence-electron chi connectivity index (χ4n) is 3.18. The molecule has 1 aliphatic rings. The number of likely N-dealkylation sites (N-methyl/N-ethyl adjacent to an activating group) is 1. The zero-order chi connectivity index (χ0) is 15.2. The zero-order valence-corrected chi connectivity index (χ0v) is 13.5. The summed E-state index contributed by atoms with van der Waals surface area (Å²) in [4.78, 5) is 4.83. The first-order chi connectivity index (χ1) is 10.1. The molecule has 1 saturated heterocycles. The van der Waals surface area contributed by atoms with Crippen molar-refractivity contribution >= 4 is 0 Å². The quantitative estimate of drug-likeness (QED) is 0.869. The van der Waals surface area contributed by atoms with Gasteiger partial charge in [0.15, 0.2) is 0 Å². The van der Waals surface area contributed by atoms with Gasteiger partial charge in [0.2, 0.25) is 0 Å². The van der Waals surface area contributed by atoms with Gasteiger partial charge < -0.3 is 15.1 Å². The number of rotatable bonds is 6. The summed E-state index contributed by atoms with van der Waals surface area (Å²) in [5.74, 6) is -0.110. The van der Waals surface area contributed by atoms with Gasteiger partial charge >= 0.3 is 0 Å². The number of hydrogen-bond donors (Lipinski definition) is 1. The van der Waals surface area contributed by atoms with Crippen LogP contribution in [0.2, 0.25) is 0 Å². The number of piperidine rings is 1. The molecule has 1 N–H and O–H groups in total. The maximum atomic E-state index is 13.9. The van der Waals surface area contributed by atoms with Gasteiger partial charge in [-0.25, -0.2) is 4.39 Å². The summed E-state index contributed by atoms with van der Waals surface area (Å²) < 4.78 is 13.9. The third kappa shape index (κ3) is 4.50. The van der Waals surface area contributed by atoms with E-state index < -0.39 is 0 Å². The monoisotopic (exact) mass is 293 g/mol. The largest absolute Gasteiger partial charge is 0.313 e. The highest BCUT2D eigenvalue weighted by Crippen LogP contribution is 2.21. The fourth-order valence-corrected chi connectivity index (χ4v) is 3.18. The number of benzene rings is 1. The van der Waals surface area contributed by atoms with Crippen molar-refractivity contribution in [1.29, 1.82) is 0 Å². The number of halogens is 1. The molecule has 118 valence electrons. The van der Waals surface area contributed by atoms with Gasteiger partial charge in [0.25, 0.3) is 0 Å². The zero-order valence-electron chi connectivity index (χ0n) is 13.5. The number of likely N-dealkylation sites (tertiary alicyclic amines) is 1. The van der Waals surface area contributed by atoms with Crippen LogP contribution in [0.1, 0.15) is 30.9 Å². The standard InChI is InChI=1S/C17H28FN3/c1-19-17(15-8-4-5-9-16(15)18)10-12-21-11-6-7-14(13-21)20(2)3/h4-5,8-9,14,17,19H,6-7,10-13H2,1-3H3. The van der Waals surface area contributed by atoms with Gasteiger partial charge in [0, 0.05) is 30.7 Å². The molecule has 2 unspecified atom stereocenters. The highest BCUT2D eigenvalue weighted by atomic mass is 19.1. The van der Waals surface area contributed by atoms with Gasteiger partial charge in [-0.05, 0) is 53.0 Å². The SMILES string of the molecule is CNC(CCN1CCCC(N(C)C)C1)c1ccccc1F. The van der Waals surface area contributed by atoms with Crippen molar-refractivity contribution in [3.8, 4) is 0 Å². The normalized spacial score (nSPS) is 21.7. The molecule has 0 bridgehead atoms. The van der Waals surface area contributed by atoms with Crippen LogP contribution in [0.3, 0.4) is 0 Å². The molecule has 0 saturated carbocycles. The summed E-state index contributed by atoms with van der Waals surface area (Å²) in [5.41, 5.74) is 0.779. The van der Waals surface area contributed by atoms with Crippen LogP contribution < -0.4 is 5.32 Å². The van der Waals surface area contributed by atoms with E-state index in [4.69, 9.17) is 0 Å². The Morgan fingerprint density at radius 3 is 2.81 bits per heavy atom. The van der Waals surface area contributed by atoms with Gasteiger partial charge in [-0.2, -0.15) is 0 Å². The smallest absolute Gasteiger partial charge is 0.127 e. The van der Waals surface area contributed by atoms with Crippen LogP contribution in [-0.4, -0.2) is 56.6 Å². The second-order valence-electron chi connectivity index (χ2n) is 6.21. The summed E-state index contributed by atoms with van der Waals surface area (Å²) in [5, 5.41) is 3.26. The minimum absolute atomic E-state index is 0.0888. The Labute approximate surface area is 128 Å². The molecule has 0 amide bonds.